The molecule has 0 unspecified atom stereocenters. The fraction of sp³-hybridized carbons (Fsp3) is 0.556. The van der Waals surface area contributed by atoms with Crippen molar-refractivity contribution in [1.29, 1.82) is 0 Å². The molecule has 2 aliphatic rings. The summed E-state index contributed by atoms with van der Waals surface area (Å²) in [7, 11) is 0. The Kier molecular flexibility index (Phi) is 6.20. The van der Waals surface area contributed by atoms with Gasteiger partial charge in [-0.2, -0.15) is 0 Å². The Morgan fingerprint density at radius 2 is 1.56 bits per heavy atom. The second-order valence-corrected chi connectivity index (χ2v) is 7.44. The monoisotopic (exact) mass is 383 g/mol. The van der Waals surface area contributed by atoms with Gasteiger partial charge in [0, 0.05) is 44.2 Å². The van der Waals surface area contributed by atoms with E-state index < -0.39 is 0 Å². The van der Waals surface area contributed by atoms with Crippen LogP contribution in [0.5, 0.6) is 0 Å². The van der Waals surface area contributed by atoms with Crippen LogP contribution in [0.15, 0.2) is 18.2 Å². The molecule has 1 aromatic rings. The predicted molar refractivity (Wildman–Crippen MR) is 99.2 cm³/mol. The highest BCUT2D eigenvalue weighted by Crippen LogP contribution is 2.23. The molecule has 25 heavy (non-hydrogen) atoms. The number of halogens is 2. The number of rotatable bonds is 4. The van der Waals surface area contributed by atoms with Gasteiger partial charge >= 0.3 is 0 Å². The standard InChI is InChI=1S/C18H23Cl2N3O2/c19-14-3-4-15(16(20)13-14)18(25)23-11-9-22(10-12-23)17(24)5-8-21-6-1-2-7-21/h3-4,13H,1-2,5-12H2. The molecule has 136 valence electrons. The molecule has 0 spiro atoms. The Balaban J connectivity index is 1.49. The van der Waals surface area contributed by atoms with E-state index in [1.54, 1.807) is 23.1 Å². The highest BCUT2D eigenvalue weighted by Gasteiger charge is 2.26. The van der Waals surface area contributed by atoms with E-state index >= 15 is 0 Å². The van der Waals surface area contributed by atoms with Crippen LogP contribution in [0.1, 0.15) is 29.6 Å². The number of hydrogen-bond donors (Lipinski definition) is 0. The third kappa shape index (κ3) is 4.66. The summed E-state index contributed by atoms with van der Waals surface area (Å²) < 4.78 is 0. The molecule has 1 aromatic carbocycles. The van der Waals surface area contributed by atoms with Crippen LogP contribution in [0, 0.1) is 0 Å². The largest absolute Gasteiger partial charge is 0.339 e. The first-order valence-electron chi connectivity index (χ1n) is 8.79. The molecule has 2 fully saturated rings. The van der Waals surface area contributed by atoms with Crippen LogP contribution in [0.2, 0.25) is 10.0 Å². The molecule has 5 nitrogen and oxygen atoms in total. The van der Waals surface area contributed by atoms with Crippen LogP contribution in [0.25, 0.3) is 0 Å². The van der Waals surface area contributed by atoms with Gasteiger partial charge in [0.05, 0.1) is 10.6 Å². The fourth-order valence-corrected chi connectivity index (χ4v) is 3.90. The van der Waals surface area contributed by atoms with Gasteiger partial charge in [-0.3, -0.25) is 9.59 Å². The quantitative estimate of drug-likeness (QED) is 0.802. The summed E-state index contributed by atoms with van der Waals surface area (Å²) in [5, 5.41) is 0.872. The fourth-order valence-electron chi connectivity index (χ4n) is 3.41. The van der Waals surface area contributed by atoms with Crippen molar-refractivity contribution in [2.75, 3.05) is 45.8 Å². The van der Waals surface area contributed by atoms with Crippen LogP contribution >= 0.6 is 23.2 Å². The summed E-state index contributed by atoms with van der Waals surface area (Å²) in [6.07, 6.45) is 3.04. The molecule has 0 saturated carbocycles. The lowest BCUT2D eigenvalue weighted by atomic mass is 10.1. The smallest absolute Gasteiger partial charge is 0.255 e. The van der Waals surface area contributed by atoms with Crippen molar-refractivity contribution in [3.63, 3.8) is 0 Å². The van der Waals surface area contributed by atoms with Crippen molar-refractivity contribution in [3.05, 3.63) is 33.8 Å². The minimum Gasteiger partial charge on any atom is -0.339 e. The van der Waals surface area contributed by atoms with Crippen molar-refractivity contribution >= 4 is 35.0 Å². The summed E-state index contributed by atoms with van der Waals surface area (Å²) in [6.45, 7) is 5.29. The zero-order chi connectivity index (χ0) is 17.8. The van der Waals surface area contributed by atoms with E-state index in [0.29, 0.717) is 48.2 Å². The maximum Gasteiger partial charge on any atom is 0.255 e. The zero-order valence-corrected chi connectivity index (χ0v) is 15.7. The average molecular weight is 384 g/mol. The summed E-state index contributed by atoms with van der Waals surface area (Å²) >= 11 is 12.0. The lowest BCUT2D eigenvalue weighted by Gasteiger charge is -2.35. The molecular weight excluding hydrogens is 361 g/mol. The van der Waals surface area contributed by atoms with E-state index in [2.05, 4.69) is 4.90 Å². The molecule has 3 rings (SSSR count). The molecule has 0 radical (unpaired) electrons. The lowest BCUT2D eigenvalue weighted by molar-refractivity contribution is -0.133. The molecule has 0 N–H and O–H groups in total. The summed E-state index contributed by atoms with van der Waals surface area (Å²) in [5.74, 6) is 0.0781. The molecule has 0 aromatic heterocycles. The summed E-state index contributed by atoms with van der Waals surface area (Å²) in [6, 6.07) is 4.90. The van der Waals surface area contributed by atoms with E-state index in [4.69, 9.17) is 23.2 Å². The third-order valence-electron chi connectivity index (χ3n) is 4.92. The van der Waals surface area contributed by atoms with Crippen LogP contribution in [-0.4, -0.2) is 72.3 Å². The molecule has 2 amide bonds. The van der Waals surface area contributed by atoms with Gasteiger partial charge in [0.15, 0.2) is 0 Å². The molecule has 0 aliphatic carbocycles. The highest BCUT2D eigenvalue weighted by molar-refractivity contribution is 6.36. The van der Waals surface area contributed by atoms with Gasteiger partial charge < -0.3 is 14.7 Å². The van der Waals surface area contributed by atoms with Gasteiger partial charge in [-0.25, -0.2) is 0 Å². The Labute approximate surface area is 158 Å². The number of carbonyl (C=O) groups excluding carboxylic acids is 2. The molecule has 0 atom stereocenters. The lowest BCUT2D eigenvalue weighted by Crippen LogP contribution is -2.51. The number of benzene rings is 1. The van der Waals surface area contributed by atoms with Gasteiger partial charge in [0.25, 0.3) is 5.91 Å². The van der Waals surface area contributed by atoms with Gasteiger partial charge in [-0.15, -0.1) is 0 Å². The minimum atomic E-state index is -0.106. The second-order valence-electron chi connectivity index (χ2n) is 6.60. The average Bonchev–Trinajstić information content (AvgIpc) is 3.13. The SMILES string of the molecule is O=C(CCN1CCCC1)N1CCN(C(=O)c2ccc(Cl)cc2Cl)CC1. The molecular formula is C18H23Cl2N3O2. The Morgan fingerprint density at radius 1 is 0.920 bits per heavy atom. The normalized spacial score (nSPS) is 18.6. The summed E-state index contributed by atoms with van der Waals surface area (Å²) in [4.78, 5) is 30.9. The van der Waals surface area contributed by atoms with E-state index in [-0.39, 0.29) is 11.8 Å². The van der Waals surface area contributed by atoms with Gasteiger partial charge in [0.2, 0.25) is 5.91 Å². The van der Waals surface area contributed by atoms with Crippen molar-refractivity contribution < 1.29 is 9.59 Å². The number of hydrogen-bond acceptors (Lipinski definition) is 3. The first kappa shape index (κ1) is 18.5. The van der Waals surface area contributed by atoms with E-state index in [1.165, 1.54) is 12.8 Å². The van der Waals surface area contributed by atoms with Crippen LogP contribution in [0.3, 0.4) is 0 Å². The molecule has 0 bridgehead atoms. The number of likely N-dealkylation sites (tertiary alicyclic amines) is 1. The summed E-state index contributed by atoms with van der Waals surface area (Å²) in [5.41, 5.74) is 0.458. The first-order chi connectivity index (χ1) is 12.0. The van der Waals surface area contributed by atoms with Gasteiger partial charge in [-0.05, 0) is 44.1 Å². The van der Waals surface area contributed by atoms with Crippen molar-refractivity contribution in [3.8, 4) is 0 Å². The predicted octanol–water partition coefficient (Wildman–Crippen LogP) is 2.76. The van der Waals surface area contributed by atoms with Crippen LogP contribution < -0.4 is 0 Å². The molecule has 7 heteroatoms. The van der Waals surface area contributed by atoms with Crippen molar-refractivity contribution in [2.45, 2.75) is 19.3 Å². The molecule has 2 saturated heterocycles. The Bertz CT molecular complexity index is 639. The number of nitrogens with zero attached hydrogens (tertiary/aromatic N) is 3. The number of amides is 2. The maximum absolute atomic E-state index is 12.6. The Morgan fingerprint density at radius 3 is 2.20 bits per heavy atom. The molecule has 2 heterocycles. The van der Waals surface area contributed by atoms with E-state index in [1.807, 2.05) is 4.90 Å². The number of carbonyl (C=O) groups is 2. The number of piperazine rings is 1. The van der Waals surface area contributed by atoms with Gasteiger partial charge in [0.1, 0.15) is 0 Å². The third-order valence-corrected chi connectivity index (χ3v) is 5.47. The van der Waals surface area contributed by atoms with Crippen molar-refractivity contribution in [2.24, 2.45) is 0 Å². The Hall–Kier alpha value is -1.30. The van der Waals surface area contributed by atoms with Crippen LogP contribution in [0.4, 0.5) is 0 Å². The van der Waals surface area contributed by atoms with E-state index in [0.717, 1.165) is 19.6 Å². The van der Waals surface area contributed by atoms with Crippen molar-refractivity contribution in [1.82, 2.24) is 14.7 Å². The topological polar surface area (TPSA) is 43.9 Å². The van der Waals surface area contributed by atoms with Crippen LogP contribution in [-0.2, 0) is 4.79 Å². The van der Waals surface area contributed by atoms with E-state index in [9.17, 15) is 9.59 Å². The van der Waals surface area contributed by atoms with Gasteiger partial charge in [-0.1, -0.05) is 23.2 Å². The zero-order valence-electron chi connectivity index (χ0n) is 14.2. The first-order valence-corrected chi connectivity index (χ1v) is 9.54. The minimum absolute atomic E-state index is 0.106. The highest BCUT2D eigenvalue weighted by atomic mass is 35.5. The molecule has 2 aliphatic heterocycles. The maximum atomic E-state index is 12.6. The second kappa shape index (κ2) is 8.39.